The highest BCUT2D eigenvalue weighted by Gasteiger charge is 2.25. The fourth-order valence-electron chi connectivity index (χ4n) is 2.93. The third-order valence-electron chi connectivity index (χ3n) is 4.17. The van der Waals surface area contributed by atoms with Crippen LogP contribution >= 0.6 is 12.8 Å². The Kier molecular flexibility index (Phi) is 4.98. The van der Waals surface area contributed by atoms with Crippen molar-refractivity contribution in [3.8, 4) is 0 Å². The molecule has 2 nitrogen and oxygen atoms in total. The van der Waals surface area contributed by atoms with Gasteiger partial charge in [0.05, 0.1) is 12.2 Å². The van der Waals surface area contributed by atoms with Crippen LogP contribution in [0.3, 0.4) is 0 Å². The summed E-state index contributed by atoms with van der Waals surface area (Å²) >= 11 is 4.37. The molecule has 0 aromatic rings. The number of piperidine rings is 1. The lowest BCUT2D eigenvalue weighted by Gasteiger charge is -2.34. The molecule has 1 heterocycles. The Morgan fingerprint density at radius 1 is 1.00 bits per heavy atom. The number of rotatable bonds is 3. The molecule has 94 valence electrons. The molecule has 3 heteroatoms. The van der Waals surface area contributed by atoms with Gasteiger partial charge in [0.15, 0.2) is 0 Å². The maximum Gasteiger partial charge on any atom is 0.0604 e. The summed E-state index contributed by atoms with van der Waals surface area (Å²) in [7, 11) is 0. The van der Waals surface area contributed by atoms with E-state index in [1.165, 1.54) is 32.1 Å². The van der Waals surface area contributed by atoms with E-state index in [-0.39, 0.29) is 0 Å². The third-order valence-corrected chi connectivity index (χ3v) is 4.57. The molecule has 0 bridgehead atoms. The van der Waals surface area contributed by atoms with Crippen LogP contribution in [0.4, 0.5) is 0 Å². The number of thiol groups is 1. The molecule has 0 radical (unpaired) electrons. The van der Waals surface area contributed by atoms with Crippen molar-refractivity contribution in [2.45, 2.75) is 64.1 Å². The van der Waals surface area contributed by atoms with Gasteiger partial charge in [-0.15, -0.1) is 0 Å². The first-order chi connectivity index (χ1) is 7.78. The monoisotopic (exact) mass is 243 g/mol. The first-order valence-corrected chi connectivity index (χ1v) is 7.27. The molecule has 16 heavy (non-hydrogen) atoms. The van der Waals surface area contributed by atoms with Crippen molar-refractivity contribution in [3.05, 3.63) is 0 Å². The van der Waals surface area contributed by atoms with Crippen LogP contribution in [0.2, 0.25) is 0 Å². The molecule has 1 aliphatic heterocycles. The molecule has 1 aliphatic carbocycles. The lowest BCUT2D eigenvalue weighted by Crippen LogP contribution is -2.35. The Morgan fingerprint density at radius 3 is 2.12 bits per heavy atom. The van der Waals surface area contributed by atoms with Gasteiger partial charge in [-0.1, -0.05) is 26.2 Å². The van der Waals surface area contributed by atoms with E-state index >= 15 is 0 Å². The van der Waals surface area contributed by atoms with Crippen LogP contribution in [-0.4, -0.2) is 29.6 Å². The fourth-order valence-corrected chi connectivity index (χ4v) is 3.16. The molecule has 2 rings (SSSR count). The minimum atomic E-state index is 0.506. The van der Waals surface area contributed by atoms with Crippen molar-refractivity contribution >= 4 is 12.8 Å². The molecule has 1 saturated carbocycles. The van der Waals surface area contributed by atoms with Crippen LogP contribution in [0.1, 0.15) is 51.9 Å². The summed E-state index contributed by atoms with van der Waals surface area (Å²) in [5.74, 6) is 0.971. The molecule has 0 unspecified atom stereocenters. The van der Waals surface area contributed by atoms with Gasteiger partial charge >= 0.3 is 0 Å². The largest absolute Gasteiger partial charge is 0.375 e. The first kappa shape index (κ1) is 12.7. The number of hydrogen-bond donors (Lipinski definition) is 1. The molecule has 1 saturated heterocycles. The van der Waals surface area contributed by atoms with E-state index in [9.17, 15) is 0 Å². The Labute approximate surface area is 105 Å². The summed E-state index contributed by atoms with van der Waals surface area (Å²) in [5.41, 5.74) is 0. The van der Waals surface area contributed by atoms with Gasteiger partial charge < -0.3 is 4.74 Å². The molecule has 2 fully saturated rings. The van der Waals surface area contributed by atoms with Crippen LogP contribution in [0.5, 0.6) is 0 Å². The molecule has 0 aromatic heterocycles. The summed E-state index contributed by atoms with van der Waals surface area (Å²) in [6.07, 6.45) is 10.1. The van der Waals surface area contributed by atoms with Crippen molar-refractivity contribution in [1.29, 1.82) is 0 Å². The second-order valence-corrected chi connectivity index (χ2v) is 5.91. The third kappa shape index (κ3) is 3.64. The molecular formula is C13H25NOS. The van der Waals surface area contributed by atoms with Crippen molar-refractivity contribution in [3.63, 3.8) is 0 Å². The molecule has 2 aliphatic rings. The predicted molar refractivity (Wildman–Crippen MR) is 70.7 cm³/mol. The molecule has 0 atom stereocenters. The summed E-state index contributed by atoms with van der Waals surface area (Å²) in [6.45, 7) is 4.48. The van der Waals surface area contributed by atoms with E-state index in [4.69, 9.17) is 4.74 Å². The second-order valence-electron chi connectivity index (χ2n) is 5.34. The predicted octanol–water partition coefficient (Wildman–Crippen LogP) is 3.28. The second kappa shape index (κ2) is 6.27. The van der Waals surface area contributed by atoms with E-state index < -0.39 is 0 Å². The zero-order valence-corrected chi connectivity index (χ0v) is 11.3. The standard InChI is InChI=1S/C13H25NOS/c1-2-11-3-5-12(6-4-11)15-13-7-9-14(16)10-8-13/h11-13,16H,2-10H2,1H3/t11-,12-. The molecule has 0 N–H and O–H groups in total. The number of ether oxygens (including phenoxy) is 1. The Hall–Kier alpha value is 0.270. The zero-order valence-electron chi connectivity index (χ0n) is 10.4. The van der Waals surface area contributed by atoms with Gasteiger partial charge in [-0.2, -0.15) is 0 Å². The topological polar surface area (TPSA) is 12.5 Å². The lowest BCUT2D eigenvalue weighted by molar-refractivity contribution is -0.0535. The van der Waals surface area contributed by atoms with Crippen LogP contribution in [0.15, 0.2) is 0 Å². The van der Waals surface area contributed by atoms with Crippen molar-refractivity contribution in [2.75, 3.05) is 13.1 Å². The highest BCUT2D eigenvalue weighted by Crippen LogP contribution is 2.30. The van der Waals surface area contributed by atoms with E-state index in [0.29, 0.717) is 12.2 Å². The molecule has 0 amide bonds. The molecular weight excluding hydrogens is 218 g/mol. The maximum atomic E-state index is 6.21. The van der Waals surface area contributed by atoms with Crippen LogP contribution in [0.25, 0.3) is 0 Å². The van der Waals surface area contributed by atoms with Crippen LogP contribution in [-0.2, 0) is 4.74 Å². The van der Waals surface area contributed by atoms with Crippen molar-refractivity contribution in [1.82, 2.24) is 4.31 Å². The van der Waals surface area contributed by atoms with Gasteiger partial charge in [0.1, 0.15) is 0 Å². The minimum Gasteiger partial charge on any atom is -0.375 e. The number of nitrogens with zero attached hydrogens (tertiary/aromatic N) is 1. The maximum absolute atomic E-state index is 6.21. The van der Waals surface area contributed by atoms with E-state index in [2.05, 4.69) is 24.0 Å². The Balaban J connectivity index is 1.66. The van der Waals surface area contributed by atoms with Gasteiger partial charge in [-0.05, 0) is 44.4 Å². The quantitative estimate of drug-likeness (QED) is 0.764. The highest BCUT2D eigenvalue weighted by atomic mass is 32.1. The van der Waals surface area contributed by atoms with Crippen LogP contribution in [0, 0.1) is 5.92 Å². The van der Waals surface area contributed by atoms with E-state index in [1.54, 1.807) is 0 Å². The van der Waals surface area contributed by atoms with Gasteiger partial charge in [0.25, 0.3) is 0 Å². The Bertz CT molecular complexity index is 196. The SMILES string of the molecule is CC[C@H]1CC[C@H](OC2CCN(S)CC2)CC1. The molecule has 0 spiro atoms. The zero-order chi connectivity index (χ0) is 11.4. The summed E-state index contributed by atoms with van der Waals surface area (Å²) in [5, 5.41) is 0. The Morgan fingerprint density at radius 2 is 1.56 bits per heavy atom. The van der Waals surface area contributed by atoms with Gasteiger partial charge in [0.2, 0.25) is 0 Å². The summed E-state index contributed by atoms with van der Waals surface area (Å²) < 4.78 is 8.32. The van der Waals surface area contributed by atoms with Crippen molar-refractivity contribution < 1.29 is 4.74 Å². The van der Waals surface area contributed by atoms with E-state index in [1.807, 2.05) is 0 Å². The molecule has 0 aromatic carbocycles. The van der Waals surface area contributed by atoms with Gasteiger partial charge in [0, 0.05) is 13.1 Å². The minimum absolute atomic E-state index is 0.506. The van der Waals surface area contributed by atoms with Gasteiger partial charge in [-0.25, -0.2) is 0 Å². The average Bonchev–Trinajstić information content (AvgIpc) is 2.33. The van der Waals surface area contributed by atoms with E-state index in [0.717, 1.165) is 31.8 Å². The smallest absolute Gasteiger partial charge is 0.0604 e. The fraction of sp³-hybridized carbons (Fsp3) is 1.00. The summed E-state index contributed by atoms with van der Waals surface area (Å²) in [4.78, 5) is 0. The van der Waals surface area contributed by atoms with Crippen molar-refractivity contribution in [2.24, 2.45) is 5.92 Å². The normalized spacial score (nSPS) is 34.1. The summed E-state index contributed by atoms with van der Waals surface area (Å²) in [6, 6.07) is 0. The first-order valence-electron chi connectivity index (χ1n) is 6.87. The average molecular weight is 243 g/mol. The van der Waals surface area contributed by atoms with Crippen LogP contribution < -0.4 is 0 Å². The highest BCUT2D eigenvalue weighted by molar-refractivity contribution is 7.77. The van der Waals surface area contributed by atoms with Gasteiger partial charge in [-0.3, -0.25) is 4.31 Å². The number of hydrogen-bond acceptors (Lipinski definition) is 3. The lowest BCUT2D eigenvalue weighted by atomic mass is 9.85.